The van der Waals surface area contributed by atoms with E-state index < -0.39 is 16.1 Å². The number of hydrogen-bond acceptors (Lipinski definition) is 7. The fourth-order valence-electron chi connectivity index (χ4n) is 11.5. The number of imide groups is 1. The SMILES string of the molecule is Cc1cc(-c2c3c(c(-c4cc(C)c([Si](C(C)C)(C(C)C)C(C)C)s4)c4nsnc24)C(=O)N(CCC(C)CCCC(C)C)C3=O)sc1[Si](C(C)C)(C(C)C)C(C)C. The quantitative estimate of drug-likeness (QED) is 0.0784. The molecule has 0 saturated heterocycles. The maximum absolute atomic E-state index is 15.1. The first kappa shape index (κ1) is 45.1. The Labute approximate surface area is 353 Å². The van der Waals surface area contributed by atoms with Gasteiger partial charge in [0.25, 0.3) is 11.8 Å². The van der Waals surface area contributed by atoms with Crippen molar-refractivity contribution in [3.63, 3.8) is 0 Å². The fraction of sp³-hybridized carbons (Fsp3) is 0.652. The Morgan fingerprint density at radius 3 is 1.27 bits per heavy atom. The number of thiophene rings is 2. The second kappa shape index (κ2) is 17.3. The lowest BCUT2D eigenvalue weighted by molar-refractivity contribution is 0.0646. The number of fused-ring (bicyclic) bond motifs is 2. The number of amides is 2. The molecular formula is C46H71N3O2S3Si2. The van der Waals surface area contributed by atoms with Crippen molar-refractivity contribution in [2.24, 2.45) is 11.8 Å². The van der Waals surface area contributed by atoms with Crippen LogP contribution in [0.4, 0.5) is 0 Å². The lowest BCUT2D eigenvalue weighted by atomic mass is 9.93. The maximum atomic E-state index is 15.1. The number of nitrogens with zero attached hydrogens (tertiary/aromatic N) is 3. The summed E-state index contributed by atoms with van der Waals surface area (Å²) in [6.45, 7) is 40.7. The monoisotopic (exact) mass is 849 g/mol. The van der Waals surface area contributed by atoms with Crippen molar-refractivity contribution in [2.75, 3.05) is 6.54 Å². The largest absolute Gasteiger partial charge is 0.274 e. The Bertz CT molecular complexity index is 1880. The second-order valence-corrected chi connectivity index (χ2v) is 34.5. The number of aromatic nitrogens is 2. The molecule has 5 nitrogen and oxygen atoms in total. The molecule has 4 heterocycles. The van der Waals surface area contributed by atoms with Crippen LogP contribution in [-0.2, 0) is 0 Å². The van der Waals surface area contributed by atoms with Gasteiger partial charge in [-0.3, -0.25) is 14.5 Å². The normalized spacial score (nSPS) is 14.9. The van der Waals surface area contributed by atoms with Crippen molar-refractivity contribution in [1.29, 1.82) is 0 Å². The van der Waals surface area contributed by atoms with Crippen LogP contribution in [0.2, 0.25) is 33.2 Å². The zero-order valence-corrected chi connectivity index (χ0v) is 42.1. The Kier molecular flexibility index (Phi) is 13.9. The van der Waals surface area contributed by atoms with E-state index in [0.717, 1.165) is 44.8 Å². The van der Waals surface area contributed by atoms with Gasteiger partial charge in [0.2, 0.25) is 0 Å². The zero-order valence-electron chi connectivity index (χ0n) is 37.7. The van der Waals surface area contributed by atoms with Crippen molar-refractivity contribution < 1.29 is 9.59 Å². The first-order valence-electron chi connectivity index (χ1n) is 21.6. The van der Waals surface area contributed by atoms with Gasteiger partial charge in [-0.15, -0.1) is 22.7 Å². The third kappa shape index (κ3) is 7.43. The first-order chi connectivity index (χ1) is 26.2. The minimum absolute atomic E-state index is 0.165. The Balaban J connectivity index is 1.79. The van der Waals surface area contributed by atoms with Crippen LogP contribution in [0.15, 0.2) is 12.1 Å². The Morgan fingerprint density at radius 2 is 0.929 bits per heavy atom. The molecule has 1 atom stereocenters. The van der Waals surface area contributed by atoms with Gasteiger partial charge in [-0.1, -0.05) is 123 Å². The number of carbonyl (C=O) groups excluding carboxylic acids is 2. The zero-order chi connectivity index (χ0) is 41.8. The third-order valence-electron chi connectivity index (χ3n) is 13.8. The van der Waals surface area contributed by atoms with E-state index in [1.807, 2.05) is 22.7 Å². The van der Waals surface area contributed by atoms with Gasteiger partial charge in [0.15, 0.2) is 0 Å². The molecule has 5 rings (SSSR count). The molecule has 2 amide bonds. The summed E-state index contributed by atoms with van der Waals surface area (Å²) >= 11 is 4.94. The van der Waals surface area contributed by atoms with Crippen molar-refractivity contribution in [3.8, 4) is 20.9 Å². The van der Waals surface area contributed by atoms with E-state index in [2.05, 4.69) is 130 Å². The maximum Gasteiger partial charge on any atom is 0.262 e. The van der Waals surface area contributed by atoms with E-state index in [9.17, 15) is 0 Å². The second-order valence-electron chi connectivity index (χ2n) is 19.5. The predicted molar refractivity (Wildman–Crippen MR) is 253 cm³/mol. The summed E-state index contributed by atoms with van der Waals surface area (Å²) in [5.74, 6) is 0.776. The van der Waals surface area contributed by atoms with Crippen molar-refractivity contribution in [1.82, 2.24) is 13.6 Å². The average molecular weight is 850 g/mol. The van der Waals surface area contributed by atoms with Gasteiger partial charge in [0.05, 0.1) is 22.9 Å². The van der Waals surface area contributed by atoms with E-state index in [4.69, 9.17) is 8.75 Å². The number of hydrogen-bond donors (Lipinski definition) is 0. The van der Waals surface area contributed by atoms with Crippen LogP contribution >= 0.6 is 34.4 Å². The molecule has 0 radical (unpaired) electrons. The topological polar surface area (TPSA) is 63.2 Å². The first-order valence-corrected chi connectivity index (χ1v) is 28.4. The van der Waals surface area contributed by atoms with Crippen LogP contribution in [0.3, 0.4) is 0 Å². The summed E-state index contributed by atoms with van der Waals surface area (Å²) < 4.78 is 13.1. The van der Waals surface area contributed by atoms with E-state index in [1.165, 1.54) is 44.7 Å². The van der Waals surface area contributed by atoms with Crippen LogP contribution < -0.4 is 9.00 Å². The van der Waals surface area contributed by atoms with E-state index in [-0.39, 0.29) is 11.8 Å². The van der Waals surface area contributed by atoms with Gasteiger partial charge < -0.3 is 0 Å². The number of rotatable bonds is 17. The molecule has 4 aromatic rings. The molecule has 1 aliphatic heterocycles. The molecule has 3 aromatic heterocycles. The summed E-state index contributed by atoms with van der Waals surface area (Å²) in [7, 11) is -4.02. The molecule has 308 valence electrons. The highest BCUT2D eigenvalue weighted by Crippen LogP contribution is 2.51. The predicted octanol–water partition coefficient (Wildman–Crippen LogP) is 14.0. The van der Waals surface area contributed by atoms with Crippen LogP contribution in [0.1, 0.15) is 161 Å². The molecular weight excluding hydrogens is 779 g/mol. The average Bonchev–Trinajstić information content (AvgIpc) is 3.86. The number of aryl methyl sites for hydroxylation is 2. The summed E-state index contributed by atoms with van der Waals surface area (Å²) in [6, 6.07) is 4.61. The highest BCUT2D eigenvalue weighted by atomic mass is 32.1. The summed E-state index contributed by atoms with van der Waals surface area (Å²) in [4.78, 5) is 33.8. The van der Waals surface area contributed by atoms with Gasteiger partial charge in [-0.05, 0) is 97.6 Å². The third-order valence-corrected chi connectivity index (χ3v) is 33.0. The molecule has 0 spiro atoms. The molecule has 1 aliphatic rings. The lowest BCUT2D eigenvalue weighted by Gasteiger charge is -2.43. The lowest BCUT2D eigenvalue weighted by Crippen LogP contribution is -2.55. The van der Waals surface area contributed by atoms with Crippen molar-refractivity contribution in [2.45, 2.75) is 177 Å². The smallest absolute Gasteiger partial charge is 0.262 e. The van der Waals surface area contributed by atoms with Gasteiger partial charge in [0.1, 0.15) is 27.2 Å². The van der Waals surface area contributed by atoms with Gasteiger partial charge in [-0.2, -0.15) is 8.75 Å². The summed E-state index contributed by atoms with van der Waals surface area (Å²) in [5.41, 5.74) is 10.2. The summed E-state index contributed by atoms with van der Waals surface area (Å²) in [6.07, 6.45) is 4.29. The molecule has 0 fully saturated rings. The Hall–Kier alpha value is -1.99. The van der Waals surface area contributed by atoms with E-state index >= 15 is 9.59 Å². The number of carbonyl (C=O) groups is 2. The standard InChI is InChI=1S/C46H71N3O2S3Si2/c1-25(2)19-18-20-32(15)21-22-49-43(50)39-37(35-23-33(16)45(52-35)55(26(3)4,27(5)6)28(7)8)41-42(48-54-47-41)38(40(39)44(49)51)36-24-34(17)46(53-36)56(29(9)10,30(11)12)31(13)14/h23-32H,18-22H2,1-17H3. The number of benzene rings is 1. The van der Waals surface area contributed by atoms with E-state index in [0.29, 0.717) is 62.8 Å². The highest BCUT2D eigenvalue weighted by Gasteiger charge is 2.49. The molecule has 10 heteroatoms. The molecule has 0 bridgehead atoms. The van der Waals surface area contributed by atoms with Crippen LogP contribution in [0, 0.1) is 25.7 Å². The fourth-order valence-corrected chi connectivity index (χ4v) is 33.0. The minimum atomic E-state index is -2.01. The van der Waals surface area contributed by atoms with Crippen LogP contribution in [-0.4, -0.2) is 48.2 Å². The van der Waals surface area contributed by atoms with Gasteiger partial charge >= 0.3 is 0 Å². The summed E-state index contributed by atoms with van der Waals surface area (Å²) in [5, 5.41) is 0. The van der Waals surface area contributed by atoms with Gasteiger partial charge in [-0.25, -0.2) is 0 Å². The molecule has 1 unspecified atom stereocenters. The minimum Gasteiger partial charge on any atom is -0.274 e. The van der Waals surface area contributed by atoms with Crippen LogP contribution in [0.5, 0.6) is 0 Å². The molecule has 0 N–H and O–H groups in total. The molecule has 0 saturated carbocycles. The van der Waals surface area contributed by atoms with E-state index in [1.54, 1.807) is 4.90 Å². The highest BCUT2D eigenvalue weighted by molar-refractivity contribution is 7.31. The molecule has 56 heavy (non-hydrogen) atoms. The van der Waals surface area contributed by atoms with Crippen molar-refractivity contribution in [3.05, 3.63) is 34.4 Å². The van der Waals surface area contributed by atoms with Gasteiger partial charge in [0, 0.05) is 27.4 Å². The molecule has 1 aromatic carbocycles. The Morgan fingerprint density at radius 1 is 0.554 bits per heavy atom. The van der Waals surface area contributed by atoms with Crippen molar-refractivity contribution >= 4 is 82.4 Å². The van der Waals surface area contributed by atoms with Crippen LogP contribution in [0.25, 0.3) is 31.9 Å². The molecule has 0 aliphatic carbocycles.